The number of hydrogen-bond acceptors (Lipinski definition) is 6. The second kappa shape index (κ2) is 9.16. The van der Waals surface area contributed by atoms with Crippen molar-refractivity contribution in [1.82, 2.24) is 9.97 Å². The Labute approximate surface area is 152 Å². The average molecular weight is 351 g/mol. The summed E-state index contributed by atoms with van der Waals surface area (Å²) in [4.78, 5) is 20.3. The van der Waals surface area contributed by atoms with Crippen molar-refractivity contribution in [1.29, 1.82) is 0 Å². The van der Waals surface area contributed by atoms with E-state index < -0.39 is 0 Å². The number of aryl methyl sites for hydroxylation is 1. The summed E-state index contributed by atoms with van der Waals surface area (Å²) in [7, 11) is 1.54. The van der Waals surface area contributed by atoms with Gasteiger partial charge in [0.1, 0.15) is 0 Å². The van der Waals surface area contributed by atoms with Crippen LogP contribution in [0.15, 0.2) is 58.7 Å². The van der Waals surface area contributed by atoms with E-state index in [1.165, 1.54) is 6.08 Å². The van der Waals surface area contributed by atoms with Crippen molar-refractivity contribution in [3.63, 3.8) is 0 Å². The summed E-state index contributed by atoms with van der Waals surface area (Å²) < 4.78 is 0. The molecule has 1 heterocycles. The maximum Gasteiger partial charge on any atom is 0.247 e. The Hall–Kier alpha value is -3.42. The maximum atomic E-state index is 11.8. The van der Waals surface area contributed by atoms with Gasteiger partial charge in [-0.1, -0.05) is 19.6 Å². The van der Waals surface area contributed by atoms with Gasteiger partial charge in [0.05, 0.1) is 24.1 Å². The van der Waals surface area contributed by atoms with Crippen molar-refractivity contribution in [2.24, 2.45) is 15.4 Å². The number of carbonyl (C=O) groups excluding carboxylic acids is 1. The van der Waals surface area contributed by atoms with Crippen LogP contribution in [0.3, 0.4) is 0 Å². The molecule has 0 bridgehead atoms. The number of amides is 1. The third kappa shape index (κ3) is 5.04. The van der Waals surface area contributed by atoms with Gasteiger partial charge in [-0.3, -0.25) is 4.79 Å². The molecule has 8 nitrogen and oxygen atoms in total. The normalized spacial score (nSPS) is 11.4. The Morgan fingerprint density at radius 3 is 2.62 bits per heavy atom. The zero-order valence-electron chi connectivity index (χ0n) is 15.0. The molecule has 2 rings (SSSR count). The van der Waals surface area contributed by atoms with Gasteiger partial charge in [-0.15, -0.1) is 5.10 Å². The molecule has 1 amide bonds. The first-order valence-corrected chi connectivity index (χ1v) is 8.06. The molecule has 0 unspecified atom stereocenters. The molecule has 0 fully saturated rings. The zero-order valence-corrected chi connectivity index (χ0v) is 15.0. The lowest BCUT2D eigenvalue weighted by atomic mass is 10.1. The van der Waals surface area contributed by atoms with Crippen molar-refractivity contribution in [3.05, 3.63) is 54.4 Å². The Morgan fingerprint density at radius 1 is 1.27 bits per heavy atom. The molecule has 0 aliphatic heterocycles. The maximum absolute atomic E-state index is 11.8. The molecule has 0 spiro atoms. The molecule has 1 aromatic carbocycles. The minimum Gasteiger partial charge on any atom is -0.322 e. The van der Waals surface area contributed by atoms with Crippen molar-refractivity contribution in [2.75, 3.05) is 17.7 Å². The van der Waals surface area contributed by atoms with Crippen LogP contribution in [0.4, 0.5) is 17.3 Å². The highest BCUT2D eigenvalue weighted by Crippen LogP contribution is 2.26. The molecule has 0 atom stereocenters. The monoisotopic (exact) mass is 351 g/mol. The predicted molar refractivity (Wildman–Crippen MR) is 103 cm³/mol. The van der Waals surface area contributed by atoms with E-state index in [1.807, 2.05) is 26.0 Å². The van der Waals surface area contributed by atoms with Gasteiger partial charge in [0, 0.05) is 12.4 Å². The highest BCUT2D eigenvalue weighted by atomic mass is 16.1. The van der Waals surface area contributed by atoms with E-state index in [1.54, 1.807) is 25.5 Å². The molecule has 2 N–H and O–H groups in total. The lowest BCUT2D eigenvalue weighted by molar-refractivity contribution is -0.111. The summed E-state index contributed by atoms with van der Waals surface area (Å²) in [6, 6.07) is 5.46. The second-order valence-corrected chi connectivity index (χ2v) is 5.32. The third-order valence-corrected chi connectivity index (χ3v) is 3.52. The number of nitrogens with one attached hydrogen (secondary N) is 2. The number of anilines is 3. The molecule has 2 aromatic rings. The Balaban J connectivity index is 2.36. The fourth-order valence-electron chi connectivity index (χ4n) is 2.06. The summed E-state index contributed by atoms with van der Waals surface area (Å²) in [5.41, 5.74) is 3.71. The van der Waals surface area contributed by atoms with E-state index in [0.717, 1.165) is 17.5 Å². The standard InChI is InChI=1S/C18H21N7O/c1-5-13-10-20-18(21-11-13)23-15-8-7-14(12(3)24-25-19-4)9-16(15)22-17(26)6-2/h6-11H,2,5H2,1,3-4H3,(H,22,26)(H,20,21,23)/b24-12+,25-19-. The Morgan fingerprint density at radius 2 is 2.00 bits per heavy atom. The molecule has 0 aliphatic rings. The molecular formula is C18H21N7O. The second-order valence-electron chi connectivity index (χ2n) is 5.32. The summed E-state index contributed by atoms with van der Waals surface area (Å²) in [6.45, 7) is 7.32. The number of nitrogens with zero attached hydrogens (tertiary/aromatic N) is 5. The van der Waals surface area contributed by atoms with Crippen LogP contribution >= 0.6 is 0 Å². The molecule has 0 saturated carbocycles. The zero-order chi connectivity index (χ0) is 18.9. The topological polar surface area (TPSA) is 104 Å². The highest BCUT2D eigenvalue weighted by Gasteiger charge is 2.10. The van der Waals surface area contributed by atoms with Gasteiger partial charge in [-0.05, 0) is 47.9 Å². The van der Waals surface area contributed by atoms with Gasteiger partial charge in [-0.2, -0.15) is 5.11 Å². The number of carbonyl (C=O) groups is 1. The fraction of sp³-hybridized carbons (Fsp3) is 0.222. The largest absolute Gasteiger partial charge is 0.322 e. The minimum atomic E-state index is -0.324. The lowest BCUT2D eigenvalue weighted by Crippen LogP contribution is -2.11. The van der Waals surface area contributed by atoms with Crippen molar-refractivity contribution in [3.8, 4) is 0 Å². The first-order valence-electron chi connectivity index (χ1n) is 8.06. The van der Waals surface area contributed by atoms with Crippen molar-refractivity contribution in [2.45, 2.75) is 20.3 Å². The number of benzene rings is 1. The lowest BCUT2D eigenvalue weighted by Gasteiger charge is -2.13. The third-order valence-electron chi connectivity index (χ3n) is 3.52. The first kappa shape index (κ1) is 18.9. The molecule has 1 aromatic heterocycles. The Bertz CT molecular complexity index is 841. The molecule has 134 valence electrons. The summed E-state index contributed by atoms with van der Waals surface area (Å²) in [5.74, 6) is 0.115. The quantitative estimate of drug-likeness (QED) is 0.343. The van der Waals surface area contributed by atoms with Crippen molar-refractivity contribution >= 4 is 28.9 Å². The van der Waals surface area contributed by atoms with Gasteiger partial charge in [0.15, 0.2) is 0 Å². The van der Waals surface area contributed by atoms with E-state index in [9.17, 15) is 4.79 Å². The van der Waals surface area contributed by atoms with E-state index in [4.69, 9.17) is 0 Å². The summed E-state index contributed by atoms with van der Waals surface area (Å²) >= 11 is 0. The van der Waals surface area contributed by atoms with Gasteiger partial charge in [-0.25, -0.2) is 9.97 Å². The molecule has 0 radical (unpaired) electrons. The molecule has 8 heteroatoms. The Kier molecular flexibility index (Phi) is 6.67. The van der Waals surface area contributed by atoms with Crippen LogP contribution < -0.4 is 10.6 Å². The van der Waals surface area contributed by atoms with Crippen molar-refractivity contribution < 1.29 is 4.79 Å². The van der Waals surface area contributed by atoms with Crippen LogP contribution in [0, 0.1) is 0 Å². The first-order chi connectivity index (χ1) is 12.6. The van der Waals surface area contributed by atoms with E-state index >= 15 is 0 Å². The highest BCUT2D eigenvalue weighted by molar-refractivity contribution is 6.04. The number of aromatic nitrogens is 2. The van der Waals surface area contributed by atoms with Crippen LogP contribution in [0.2, 0.25) is 0 Å². The van der Waals surface area contributed by atoms with Crippen LogP contribution in [0.1, 0.15) is 25.0 Å². The smallest absolute Gasteiger partial charge is 0.247 e. The van der Waals surface area contributed by atoms with Crippen LogP contribution in [-0.2, 0) is 11.2 Å². The van der Waals surface area contributed by atoms with Crippen LogP contribution in [0.5, 0.6) is 0 Å². The fourth-order valence-corrected chi connectivity index (χ4v) is 2.06. The average Bonchev–Trinajstić information content (AvgIpc) is 2.67. The van der Waals surface area contributed by atoms with Gasteiger partial charge in [0.2, 0.25) is 11.9 Å². The molecule has 0 saturated heterocycles. The minimum absolute atomic E-state index is 0.324. The van der Waals surface area contributed by atoms with Gasteiger partial charge in [0.25, 0.3) is 0 Å². The number of hydrogen-bond donors (Lipinski definition) is 2. The number of rotatable bonds is 7. The van der Waals surface area contributed by atoms with E-state index in [0.29, 0.717) is 23.0 Å². The van der Waals surface area contributed by atoms with Gasteiger partial charge >= 0.3 is 0 Å². The predicted octanol–water partition coefficient (Wildman–Crippen LogP) is 3.71. The van der Waals surface area contributed by atoms with Gasteiger partial charge < -0.3 is 10.6 Å². The van der Waals surface area contributed by atoms with Crippen LogP contribution in [0.25, 0.3) is 0 Å². The SMILES string of the molecule is C=CC(=O)Nc1cc(/C(C)=N/N=N\C)ccc1Nc1ncc(CC)cn1. The van der Waals surface area contributed by atoms with E-state index in [-0.39, 0.29) is 5.91 Å². The molecule has 0 aliphatic carbocycles. The summed E-state index contributed by atoms with van der Waals surface area (Å²) in [5, 5.41) is 17.1. The molecule has 26 heavy (non-hydrogen) atoms. The molecular weight excluding hydrogens is 330 g/mol. The van der Waals surface area contributed by atoms with Crippen LogP contribution in [-0.4, -0.2) is 28.6 Å². The summed E-state index contributed by atoms with van der Waals surface area (Å²) in [6.07, 6.45) is 5.59. The van der Waals surface area contributed by atoms with E-state index in [2.05, 4.69) is 42.6 Å².